The van der Waals surface area contributed by atoms with Crippen molar-refractivity contribution in [3.8, 4) is 22.4 Å². The number of hydrogen-bond donors (Lipinski definition) is 1. The molecule has 16 heavy (non-hydrogen) atoms. The van der Waals surface area contributed by atoms with Gasteiger partial charge in [0.05, 0.1) is 10.6 Å². The smallest absolute Gasteiger partial charge is 0.239 e. The van der Waals surface area contributed by atoms with Gasteiger partial charge in [0, 0.05) is 23.4 Å². The zero-order valence-electron chi connectivity index (χ0n) is 8.14. The highest BCUT2D eigenvalue weighted by molar-refractivity contribution is 7.89. The molecule has 0 saturated heterocycles. The van der Waals surface area contributed by atoms with Gasteiger partial charge in [-0.15, -0.1) is 0 Å². The monoisotopic (exact) mass is 231 g/mol. The Morgan fingerprint density at radius 2 is 2.00 bits per heavy atom. The van der Waals surface area contributed by atoms with E-state index < -0.39 is 10.0 Å². The number of nitrogens with zero attached hydrogens (tertiary/aromatic N) is 1. The Morgan fingerprint density at radius 3 is 2.62 bits per heavy atom. The van der Waals surface area contributed by atoms with E-state index in [9.17, 15) is 8.42 Å². The van der Waals surface area contributed by atoms with Crippen LogP contribution in [0.1, 0.15) is 0 Å². The fraction of sp³-hybridized carbons (Fsp3) is 0. The minimum absolute atomic E-state index is 0.0127. The molecule has 1 aromatic carbocycles. The van der Waals surface area contributed by atoms with E-state index in [0.29, 0.717) is 16.8 Å². The molecule has 0 amide bonds. The lowest BCUT2D eigenvalue weighted by molar-refractivity contribution is 0.598. The van der Waals surface area contributed by atoms with Gasteiger partial charge in [0.2, 0.25) is 10.0 Å². The molecule has 0 unspecified atom stereocenters. The molecule has 5 heteroatoms. The van der Waals surface area contributed by atoms with Crippen LogP contribution >= 0.6 is 0 Å². The van der Waals surface area contributed by atoms with Gasteiger partial charge in [-0.1, -0.05) is 18.2 Å². The molecule has 6 rings (SSSR count). The van der Waals surface area contributed by atoms with Crippen LogP contribution in [0.15, 0.2) is 35.4 Å². The van der Waals surface area contributed by atoms with Crippen LogP contribution in [0.4, 0.5) is 0 Å². The van der Waals surface area contributed by atoms with Crippen LogP contribution in [0.2, 0.25) is 0 Å². The molecule has 0 saturated carbocycles. The van der Waals surface area contributed by atoms with Crippen molar-refractivity contribution in [1.82, 2.24) is 4.98 Å². The molecule has 2 aliphatic carbocycles. The second kappa shape index (κ2) is 2.90. The average molecular weight is 231 g/mol. The van der Waals surface area contributed by atoms with E-state index in [-0.39, 0.29) is 4.90 Å². The van der Waals surface area contributed by atoms with Crippen molar-refractivity contribution in [2.24, 2.45) is 5.14 Å². The van der Waals surface area contributed by atoms with Crippen molar-refractivity contribution in [2.75, 3.05) is 0 Å². The Kier molecular flexibility index (Phi) is 1.72. The zero-order chi connectivity index (χ0) is 11.3. The van der Waals surface area contributed by atoms with Crippen molar-refractivity contribution in [3.63, 3.8) is 0 Å². The quantitative estimate of drug-likeness (QED) is 0.683. The summed E-state index contributed by atoms with van der Waals surface area (Å²) in [7, 11) is -3.76. The van der Waals surface area contributed by atoms with Crippen LogP contribution < -0.4 is 5.14 Å². The Balaban J connectivity index is 2.47. The number of sulfonamides is 1. The highest BCUT2D eigenvalue weighted by Gasteiger charge is 2.20. The highest BCUT2D eigenvalue weighted by Crippen LogP contribution is 2.33. The summed E-state index contributed by atoms with van der Waals surface area (Å²) in [5, 5.41) is 5.16. The van der Waals surface area contributed by atoms with Gasteiger partial charge in [0.1, 0.15) is 0 Å². The molecular weight excluding hydrogens is 224 g/mol. The van der Waals surface area contributed by atoms with Gasteiger partial charge in [0.15, 0.2) is 0 Å². The molecule has 0 fully saturated rings. The van der Waals surface area contributed by atoms with Crippen molar-refractivity contribution in [1.29, 1.82) is 0 Å². The van der Waals surface area contributed by atoms with Gasteiger partial charge in [-0.2, -0.15) is 0 Å². The molecule has 1 radical (unpaired) electrons. The van der Waals surface area contributed by atoms with Crippen molar-refractivity contribution < 1.29 is 8.42 Å². The van der Waals surface area contributed by atoms with Gasteiger partial charge in [-0.25, -0.2) is 13.6 Å². The summed E-state index contributed by atoms with van der Waals surface area (Å²) in [5.74, 6) is 0. The van der Waals surface area contributed by atoms with Crippen LogP contribution in [0.5, 0.6) is 0 Å². The summed E-state index contributed by atoms with van der Waals surface area (Å²) in [5.41, 5.74) is 2.61. The molecule has 4 bridgehead atoms. The summed E-state index contributed by atoms with van der Waals surface area (Å²) >= 11 is 0. The Bertz CT molecular complexity index is 676. The fourth-order valence-electron chi connectivity index (χ4n) is 1.78. The third-order valence-electron chi connectivity index (χ3n) is 2.54. The first kappa shape index (κ1) is 9.50. The lowest BCUT2D eigenvalue weighted by Crippen LogP contribution is -2.14. The highest BCUT2D eigenvalue weighted by atomic mass is 32.2. The third-order valence-corrected chi connectivity index (χ3v) is 3.44. The van der Waals surface area contributed by atoms with E-state index in [4.69, 9.17) is 5.14 Å². The van der Waals surface area contributed by atoms with E-state index in [1.54, 1.807) is 18.3 Å². The van der Waals surface area contributed by atoms with Crippen LogP contribution in [0, 0.1) is 6.07 Å². The van der Waals surface area contributed by atoms with E-state index in [1.807, 2.05) is 12.1 Å². The Hall–Kier alpha value is -1.72. The molecular formula is C11H7N2O2S. The molecule has 2 aliphatic heterocycles. The first-order valence-corrected chi connectivity index (χ1v) is 6.16. The summed E-state index contributed by atoms with van der Waals surface area (Å²) < 4.78 is 22.9. The largest absolute Gasteiger partial charge is 0.256 e. The summed E-state index contributed by atoms with van der Waals surface area (Å²) in [6.07, 6.45) is 1.70. The molecule has 4 nitrogen and oxygen atoms in total. The van der Waals surface area contributed by atoms with Gasteiger partial charge in [-0.3, -0.25) is 4.98 Å². The standard InChI is InChI=1S/C11H7N2O2S/c12-16(14,15)11-5-7-1-3-9(11)10-4-2-8(7)6-13-10/h1-4,6H,(H2,12,14,15). The van der Waals surface area contributed by atoms with Gasteiger partial charge >= 0.3 is 0 Å². The third kappa shape index (κ3) is 1.26. The second-order valence-corrected chi connectivity index (χ2v) is 5.09. The molecule has 4 aliphatic rings. The van der Waals surface area contributed by atoms with E-state index >= 15 is 0 Å². The van der Waals surface area contributed by atoms with Crippen molar-refractivity contribution >= 4 is 10.0 Å². The summed E-state index contributed by atoms with van der Waals surface area (Å²) in [6, 6.07) is 10.0. The maximum Gasteiger partial charge on any atom is 0.239 e. The Morgan fingerprint density at radius 1 is 1.19 bits per heavy atom. The van der Waals surface area contributed by atoms with Gasteiger partial charge < -0.3 is 0 Å². The predicted molar refractivity (Wildman–Crippen MR) is 58.9 cm³/mol. The van der Waals surface area contributed by atoms with Gasteiger partial charge in [0.25, 0.3) is 0 Å². The minimum Gasteiger partial charge on any atom is -0.256 e. The Labute approximate surface area is 92.8 Å². The topological polar surface area (TPSA) is 73.1 Å². The minimum atomic E-state index is -3.76. The number of primary sulfonamides is 1. The van der Waals surface area contributed by atoms with E-state index in [2.05, 4.69) is 11.1 Å². The van der Waals surface area contributed by atoms with Crippen LogP contribution in [0.25, 0.3) is 22.4 Å². The number of nitrogens with two attached hydrogens (primary N) is 1. The number of rotatable bonds is 1. The first-order chi connectivity index (χ1) is 7.55. The normalized spacial score (nSPS) is 12.6. The molecule has 0 atom stereocenters. The second-order valence-electron chi connectivity index (χ2n) is 3.59. The fourth-order valence-corrected chi connectivity index (χ4v) is 2.51. The molecule has 2 aromatic rings. The number of benzene rings is 1. The lowest BCUT2D eigenvalue weighted by Gasteiger charge is -2.13. The van der Waals surface area contributed by atoms with Crippen molar-refractivity contribution in [3.05, 3.63) is 36.5 Å². The number of pyridine rings is 1. The average Bonchev–Trinajstić information content (AvgIpc) is 2.22. The SMILES string of the molecule is NS(=O)(=O)c1[c]c2ccc1-c1ccc-2cn1. The van der Waals surface area contributed by atoms with Crippen LogP contribution in [0.3, 0.4) is 0 Å². The van der Waals surface area contributed by atoms with Gasteiger partial charge in [-0.05, 0) is 11.6 Å². The molecule has 2 N–H and O–H groups in total. The molecule has 3 heterocycles. The maximum absolute atomic E-state index is 11.4. The summed E-state index contributed by atoms with van der Waals surface area (Å²) in [4.78, 5) is 4.19. The summed E-state index contributed by atoms with van der Waals surface area (Å²) in [6.45, 7) is 0. The zero-order valence-corrected chi connectivity index (χ0v) is 8.95. The first-order valence-electron chi connectivity index (χ1n) is 4.62. The molecule has 0 spiro atoms. The molecule has 1 aromatic heterocycles. The maximum atomic E-state index is 11.4. The van der Waals surface area contributed by atoms with Crippen molar-refractivity contribution in [2.45, 2.75) is 4.90 Å². The predicted octanol–water partition coefficient (Wildman–Crippen LogP) is 1.18. The van der Waals surface area contributed by atoms with Crippen LogP contribution in [-0.4, -0.2) is 13.4 Å². The van der Waals surface area contributed by atoms with Crippen LogP contribution in [-0.2, 0) is 10.0 Å². The lowest BCUT2D eigenvalue weighted by atomic mass is 9.99. The van der Waals surface area contributed by atoms with E-state index in [0.717, 1.165) is 5.56 Å². The molecule has 79 valence electrons. The number of hydrogen-bond acceptors (Lipinski definition) is 3. The number of aromatic nitrogens is 1. The van der Waals surface area contributed by atoms with E-state index in [1.165, 1.54) is 0 Å².